The van der Waals surface area contributed by atoms with Crippen LogP contribution >= 0.6 is 0 Å². The van der Waals surface area contributed by atoms with Crippen molar-refractivity contribution in [3.63, 3.8) is 0 Å². The molecule has 5 heteroatoms. The molecule has 26 heavy (non-hydrogen) atoms. The van der Waals surface area contributed by atoms with Crippen molar-refractivity contribution < 1.29 is 19.1 Å². The van der Waals surface area contributed by atoms with Crippen molar-refractivity contribution >= 4 is 11.9 Å². The van der Waals surface area contributed by atoms with E-state index in [0.29, 0.717) is 32.0 Å². The Morgan fingerprint density at radius 3 is 2.42 bits per heavy atom. The number of carbonyl (C=O) groups is 2. The Kier molecular flexibility index (Phi) is 7.06. The molecule has 3 rings (SSSR count). The van der Waals surface area contributed by atoms with Crippen LogP contribution in [0.15, 0.2) is 30.3 Å². The van der Waals surface area contributed by atoms with Gasteiger partial charge in [-0.05, 0) is 37.2 Å². The van der Waals surface area contributed by atoms with Gasteiger partial charge in [0.2, 0.25) is 0 Å². The smallest absolute Gasteiger partial charge is 0.309 e. The number of hydrogen-bond donors (Lipinski definition) is 1. The van der Waals surface area contributed by atoms with Crippen molar-refractivity contribution in [1.29, 1.82) is 0 Å². The van der Waals surface area contributed by atoms with Gasteiger partial charge in [0, 0.05) is 13.2 Å². The normalized spacial score (nSPS) is 20.3. The molecule has 1 heterocycles. The monoisotopic (exact) mass is 359 g/mol. The maximum atomic E-state index is 12.4. The molecule has 2 fully saturated rings. The van der Waals surface area contributed by atoms with Crippen molar-refractivity contribution in [2.45, 2.75) is 51.0 Å². The molecule has 0 bridgehead atoms. The molecule has 0 aromatic heterocycles. The zero-order valence-electron chi connectivity index (χ0n) is 15.3. The number of esters is 1. The van der Waals surface area contributed by atoms with Crippen molar-refractivity contribution in [2.24, 2.45) is 11.8 Å². The predicted octanol–water partition coefficient (Wildman–Crippen LogP) is 3.39. The fraction of sp³-hybridized carbons (Fsp3) is 0.619. The SMILES string of the molecule is O=C(COC(=O)C1CCOCC1)N[C@@H](c1ccccc1)C1CCCCC1. The maximum absolute atomic E-state index is 12.4. The van der Waals surface area contributed by atoms with Crippen LogP contribution < -0.4 is 5.32 Å². The quantitative estimate of drug-likeness (QED) is 0.791. The van der Waals surface area contributed by atoms with Crippen LogP contribution in [0.1, 0.15) is 56.6 Å². The van der Waals surface area contributed by atoms with Gasteiger partial charge in [0.15, 0.2) is 6.61 Å². The third-order valence-electron chi connectivity index (χ3n) is 5.50. The number of hydrogen-bond acceptors (Lipinski definition) is 4. The van der Waals surface area contributed by atoms with E-state index in [4.69, 9.17) is 9.47 Å². The van der Waals surface area contributed by atoms with Crippen LogP contribution in [0.2, 0.25) is 0 Å². The van der Waals surface area contributed by atoms with Crippen molar-refractivity contribution in [2.75, 3.05) is 19.8 Å². The molecule has 0 unspecified atom stereocenters. The molecule has 5 nitrogen and oxygen atoms in total. The second-order valence-corrected chi connectivity index (χ2v) is 7.35. The Balaban J connectivity index is 1.55. The average molecular weight is 359 g/mol. The second-order valence-electron chi connectivity index (χ2n) is 7.35. The molecule has 1 atom stereocenters. The lowest BCUT2D eigenvalue weighted by Crippen LogP contribution is -2.37. The topological polar surface area (TPSA) is 64.6 Å². The van der Waals surface area contributed by atoms with E-state index in [1.807, 2.05) is 18.2 Å². The zero-order chi connectivity index (χ0) is 18.2. The summed E-state index contributed by atoms with van der Waals surface area (Å²) >= 11 is 0. The van der Waals surface area contributed by atoms with E-state index in [0.717, 1.165) is 18.4 Å². The minimum absolute atomic E-state index is 0.00853. The van der Waals surface area contributed by atoms with E-state index < -0.39 is 0 Å². The van der Waals surface area contributed by atoms with Crippen molar-refractivity contribution in [3.8, 4) is 0 Å². The molecule has 1 amide bonds. The van der Waals surface area contributed by atoms with Crippen molar-refractivity contribution in [3.05, 3.63) is 35.9 Å². The molecule has 1 aromatic rings. The Labute approximate surface area is 155 Å². The van der Waals surface area contributed by atoms with Gasteiger partial charge in [0.05, 0.1) is 12.0 Å². The third kappa shape index (κ3) is 5.31. The van der Waals surface area contributed by atoms with E-state index in [1.165, 1.54) is 19.3 Å². The fourth-order valence-corrected chi connectivity index (χ4v) is 4.00. The van der Waals surface area contributed by atoms with E-state index >= 15 is 0 Å². The first-order valence-electron chi connectivity index (χ1n) is 9.82. The van der Waals surface area contributed by atoms with Gasteiger partial charge < -0.3 is 14.8 Å². The number of carbonyl (C=O) groups excluding carboxylic acids is 2. The predicted molar refractivity (Wildman–Crippen MR) is 98.4 cm³/mol. The highest BCUT2D eigenvalue weighted by molar-refractivity contribution is 5.81. The summed E-state index contributed by atoms with van der Waals surface area (Å²) < 4.78 is 10.5. The summed E-state index contributed by atoms with van der Waals surface area (Å²) in [5, 5.41) is 3.12. The first kappa shape index (κ1) is 18.9. The third-order valence-corrected chi connectivity index (χ3v) is 5.50. The standard InChI is InChI=1S/C21H29NO4/c23-19(15-26-21(24)18-11-13-25-14-12-18)22-20(16-7-3-1-4-8-16)17-9-5-2-6-10-17/h1,3-4,7-8,17-18,20H,2,5-6,9-15H2,(H,22,23)/t20-/m0/s1. The maximum Gasteiger partial charge on any atom is 0.309 e. The van der Waals surface area contributed by atoms with Crippen LogP contribution in [0.4, 0.5) is 0 Å². The van der Waals surface area contributed by atoms with Crippen LogP contribution in [0.5, 0.6) is 0 Å². The van der Waals surface area contributed by atoms with Gasteiger partial charge in [-0.2, -0.15) is 0 Å². The molecule has 1 saturated carbocycles. The molecule has 0 spiro atoms. The highest BCUT2D eigenvalue weighted by atomic mass is 16.5. The Morgan fingerprint density at radius 2 is 1.73 bits per heavy atom. The summed E-state index contributed by atoms with van der Waals surface area (Å²) in [7, 11) is 0. The summed E-state index contributed by atoms with van der Waals surface area (Å²) in [6.07, 6.45) is 7.30. The van der Waals surface area contributed by atoms with E-state index in [9.17, 15) is 9.59 Å². The lowest BCUT2D eigenvalue weighted by Gasteiger charge is -2.31. The van der Waals surface area contributed by atoms with Gasteiger partial charge >= 0.3 is 5.97 Å². The molecule has 1 saturated heterocycles. The van der Waals surface area contributed by atoms with Crippen LogP contribution in [0, 0.1) is 11.8 Å². The van der Waals surface area contributed by atoms with Crippen molar-refractivity contribution in [1.82, 2.24) is 5.32 Å². The molecule has 0 radical (unpaired) electrons. The summed E-state index contributed by atoms with van der Waals surface area (Å²) in [5.74, 6) is -0.191. The van der Waals surface area contributed by atoms with E-state index in [2.05, 4.69) is 17.4 Å². The Hall–Kier alpha value is -1.88. The Bertz CT molecular complexity index is 577. The molecular weight excluding hydrogens is 330 g/mol. The Morgan fingerprint density at radius 1 is 1.04 bits per heavy atom. The van der Waals surface area contributed by atoms with Gasteiger partial charge in [-0.25, -0.2) is 0 Å². The number of ether oxygens (including phenoxy) is 2. The van der Waals surface area contributed by atoms with E-state index in [1.54, 1.807) is 0 Å². The lowest BCUT2D eigenvalue weighted by atomic mass is 9.81. The largest absolute Gasteiger partial charge is 0.455 e. The molecule has 1 aliphatic carbocycles. The summed E-state index contributed by atoms with van der Waals surface area (Å²) in [5.41, 5.74) is 1.13. The summed E-state index contributed by atoms with van der Waals surface area (Å²) in [4.78, 5) is 24.5. The molecule has 2 aliphatic rings. The highest BCUT2D eigenvalue weighted by Crippen LogP contribution is 2.34. The van der Waals surface area contributed by atoms with Crippen LogP contribution in [0.3, 0.4) is 0 Å². The molecular formula is C21H29NO4. The fourth-order valence-electron chi connectivity index (χ4n) is 4.00. The minimum Gasteiger partial charge on any atom is -0.455 e. The van der Waals surface area contributed by atoms with Gasteiger partial charge in [0.1, 0.15) is 0 Å². The van der Waals surface area contributed by atoms with Crippen LogP contribution in [0.25, 0.3) is 0 Å². The number of amides is 1. The van der Waals surface area contributed by atoms with Crippen LogP contribution in [-0.2, 0) is 19.1 Å². The summed E-state index contributed by atoms with van der Waals surface area (Å²) in [6, 6.07) is 10.1. The number of nitrogens with one attached hydrogen (secondary N) is 1. The molecule has 1 aromatic carbocycles. The molecule has 142 valence electrons. The minimum atomic E-state index is -0.280. The highest BCUT2D eigenvalue weighted by Gasteiger charge is 2.28. The van der Waals surface area contributed by atoms with Gasteiger partial charge in [-0.1, -0.05) is 49.6 Å². The molecule has 1 aliphatic heterocycles. The first-order chi connectivity index (χ1) is 12.7. The lowest BCUT2D eigenvalue weighted by molar-refractivity contribution is -0.155. The number of rotatable bonds is 6. The zero-order valence-corrected chi connectivity index (χ0v) is 15.3. The van der Waals surface area contributed by atoms with Gasteiger partial charge in [-0.15, -0.1) is 0 Å². The van der Waals surface area contributed by atoms with Gasteiger partial charge in [-0.3, -0.25) is 9.59 Å². The van der Waals surface area contributed by atoms with E-state index in [-0.39, 0.29) is 30.4 Å². The second kappa shape index (κ2) is 9.72. The molecule has 1 N–H and O–H groups in total. The summed E-state index contributed by atoms with van der Waals surface area (Å²) in [6.45, 7) is 0.972. The average Bonchev–Trinajstić information content (AvgIpc) is 2.72. The number of benzene rings is 1. The first-order valence-corrected chi connectivity index (χ1v) is 9.82. The van der Waals surface area contributed by atoms with Crippen LogP contribution in [-0.4, -0.2) is 31.7 Å². The van der Waals surface area contributed by atoms with Gasteiger partial charge in [0.25, 0.3) is 5.91 Å².